The van der Waals surface area contributed by atoms with Crippen molar-refractivity contribution in [3.8, 4) is 0 Å². The number of rotatable bonds is 7. The molecule has 0 aliphatic carbocycles. The van der Waals surface area contributed by atoms with Gasteiger partial charge in [0.15, 0.2) is 5.00 Å². The molecule has 0 aliphatic rings. The number of thioether (sulfide) groups is 1. The second kappa shape index (κ2) is 6.95. The van der Waals surface area contributed by atoms with Crippen molar-refractivity contribution >= 4 is 11.8 Å². The molecule has 2 heteroatoms. The van der Waals surface area contributed by atoms with Gasteiger partial charge in [-0.25, -0.2) is 4.39 Å². The molecule has 0 N–H and O–H groups in total. The van der Waals surface area contributed by atoms with Gasteiger partial charge in [0, 0.05) is 4.90 Å². The average molecular weight is 240 g/mol. The molecule has 0 spiro atoms. The van der Waals surface area contributed by atoms with Crippen LogP contribution < -0.4 is 0 Å². The van der Waals surface area contributed by atoms with E-state index >= 15 is 0 Å². The third-order valence-corrected chi connectivity index (χ3v) is 3.69. The first-order chi connectivity index (χ1) is 7.64. The smallest absolute Gasteiger partial charge is 0.157 e. The van der Waals surface area contributed by atoms with Gasteiger partial charge in [0.05, 0.1) is 0 Å². The monoisotopic (exact) mass is 240 g/mol. The first-order valence-corrected chi connectivity index (χ1v) is 6.89. The molecule has 0 bridgehead atoms. The van der Waals surface area contributed by atoms with Crippen LogP contribution in [-0.4, -0.2) is 5.00 Å². The zero-order valence-corrected chi connectivity index (χ0v) is 11.0. The van der Waals surface area contributed by atoms with E-state index in [0.717, 1.165) is 17.7 Å². The Bertz CT molecular complexity index is 282. The Kier molecular flexibility index (Phi) is 5.89. The number of unbranched alkanes of at least 4 members (excludes halogenated alkanes) is 3. The van der Waals surface area contributed by atoms with Crippen LogP contribution in [0.4, 0.5) is 4.39 Å². The summed E-state index contributed by atoms with van der Waals surface area (Å²) in [5, 5.41) is -1.13. The summed E-state index contributed by atoms with van der Waals surface area (Å²) < 4.78 is 14.2. The van der Waals surface area contributed by atoms with Gasteiger partial charge in [0.2, 0.25) is 0 Å². The minimum absolute atomic E-state index is 0.645. The lowest BCUT2D eigenvalue weighted by Crippen LogP contribution is -2.11. The van der Waals surface area contributed by atoms with E-state index in [1.807, 2.05) is 30.3 Å². The van der Waals surface area contributed by atoms with Crippen molar-refractivity contribution in [2.75, 3.05) is 0 Å². The van der Waals surface area contributed by atoms with Gasteiger partial charge < -0.3 is 0 Å². The van der Waals surface area contributed by atoms with Crippen molar-refractivity contribution in [1.82, 2.24) is 0 Å². The molecule has 1 aromatic carbocycles. The fourth-order valence-corrected chi connectivity index (χ4v) is 2.68. The predicted molar refractivity (Wildman–Crippen MR) is 70.6 cm³/mol. The van der Waals surface area contributed by atoms with E-state index in [4.69, 9.17) is 0 Å². The molecule has 90 valence electrons. The van der Waals surface area contributed by atoms with Crippen LogP contribution in [0.25, 0.3) is 0 Å². The average Bonchev–Trinajstić information content (AvgIpc) is 2.25. The molecule has 1 atom stereocenters. The molecular weight excluding hydrogens is 219 g/mol. The lowest BCUT2D eigenvalue weighted by Gasteiger charge is -2.19. The highest BCUT2D eigenvalue weighted by atomic mass is 32.2. The van der Waals surface area contributed by atoms with Crippen LogP contribution >= 0.6 is 11.8 Å². The second-order valence-corrected chi connectivity index (χ2v) is 5.85. The fraction of sp³-hybridized carbons (Fsp3) is 0.571. The molecule has 1 rings (SSSR count). The highest BCUT2D eigenvalue weighted by Gasteiger charge is 2.23. The number of hydrogen-bond donors (Lipinski definition) is 0. The summed E-state index contributed by atoms with van der Waals surface area (Å²) in [5.41, 5.74) is 0. The van der Waals surface area contributed by atoms with Gasteiger partial charge in [-0.2, -0.15) is 0 Å². The number of hydrogen-bond acceptors (Lipinski definition) is 1. The lowest BCUT2D eigenvalue weighted by molar-refractivity contribution is 0.287. The molecule has 0 radical (unpaired) electrons. The van der Waals surface area contributed by atoms with Gasteiger partial charge in [-0.1, -0.05) is 56.1 Å². The van der Waals surface area contributed by atoms with E-state index in [9.17, 15) is 4.39 Å². The molecule has 1 aromatic rings. The molecule has 0 aromatic heterocycles. The van der Waals surface area contributed by atoms with Crippen molar-refractivity contribution in [2.45, 2.75) is 55.8 Å². The normalized spacial score (nSPS) is 14.7. The highest BCUT2D eigenvalue weighted by molar-refractivity contribution is 8.00. The van der Waals surface area contributed by atoms with Gasteiger partial charge in [-0.15, -0.1) is 0 Å². The third-order valence-electron chi connectivity index (χ3n) is 2.55. The zero-order valence-electron chi connectivity index (χ0n) is 10.2. The Labute approximate surface area is 103 Å². The number of benzene rings is 1. The molecule has 0 aliphatic heterocycles. The third kappa shape index (κ3) is 5.55. The summed E-state index contributed by atoms with van der Waals surface area (Å²) in [6, 6.07) is 9.80. The molecular formula is C14H21FS. The van der Waals surface area contributed by atoms with Crippen LogP contribution in [-0.2, 0) is 0 Å². The maximum Gasteiger partial charge on any atom is 0.157 e. The van der Waals surface area contributed by atoms with Crippen molar-refractivity contribution in [3.63, 3.8) is 0 Å². The quantitative estimate of drug-likeness (QED) is 0.452. The minimum Gasteiger partial charge on any atom is -0.232 e. The summed E-state index contributed by atoms with van der Waals surface area (Å²) in [4.78, 5) is 1.02. The summed E-state index contributed by atoms with van der Waals surface area (Å²) in [6.07, 6.45) is 5.19. The fourth-order valence-electron chi connectivity index (χ4n) is 1.65. The van der Waals surface area contributed by atoms with Crippen LogP contribution in [0.1, 0.15) is 46.0 Å². The van der Waals surface area contributed by atoms with E-state index < -0.39 is 5.00 Å². The SMILES string of the molecule is CCCCCCC(C)(F)Sc1ccccc1. The second-order valence-electron chi connectivity index (χ2n) is 4.33. The summed E-state index contributed by atoms with van der Waals surface area (Å²) in [5.74, 6) is 0. The zero-order chi connectivity index (χ0) is 11.9. The van der Waals surface area contributed by atoms with Crippen LogP contribution in [0.5, 0.6) is 0 Å². The van der Waals surface area contributed by atoms with Crippen LogP contribution in [0, 0.1) is 0 Å². The van der Waals surface area contributed by atoms with E-state index in [2.05, 4.69) is 6.92 Å². The maximum atomic E-state index is 14.2. The van der Waals surface area contributed by atoms with Crippen molar-refractivity contribution < 1.29 is 4.39 Å². The molecule has 0 heterocycles. The van der Waals surface area contributed by atoms with Gasteiger partial charge in [0.1, 0.15) is 0 Å². The Hall–Kier alpha value is -0.500. The lowest BCUT2D eigenvalue weighted by atomic mass is 10.1. The number of alkyl halides is 1. The van der Waals surface area contributed by atoms with E-state index in [1.54, 1.807) is 6.92 Å². The molecule has 16 heavy (non-hydrogen) atoms. The van der Waals surface area contributed by atoms with E-state index in [0.29, 0.717) is 6.42 Å². The molecule has 1 unspecified atom stereocenters. The summed E-state index contributed by atoms with van der Waals surface area (Å²) in [6.45, 7) is 3.87. The van der Waals surface area contributed by atoms with Crippen molar-refractivity contribution in [1.29, 1.82) is 0 Å². The Morgan fingerprint density at radius 1 is 1.12 bits per heavy atom. The molecule has 0 nitrogen and oxygen atoms in total. The van der Waals surface area contributed by atoms with Crippen LogP contribution in [0.3, 0.4) is 0 Å². The van der Waals surface area contributed by atoms with Gasteiger partial charge in [-0.3, -0.25) is 0 Å². The van der Waals surface area contributed by atoms with E-state index in [-0.39, 0.29) is 0 Å². The Morgan fingerprint density at radius 3 is 2.44 bits per heavy atom. The van der Waals surface area contributed by atoms with Crippen LogP contribution in [0.15, 0.2) is 35.2 Å². The minimum atomic E-state index is -1.13. The number of halogens is 1. The standard InChI is InChI=1S/C14H21FS/c1-3-4-5-9-12-14(2,15)16-13-10-7-6-8-11-13/h6-8,10-11H,3-5,9,12H2,1-2H3. The van der Waals surface area contributed by atoms with Gasteiger partial charge >= 0.3 is 0 Å². The maximum absolute atomic E-state index is 14.2. The molecule has 0 amide bonds. The van der Waals surface area contributed by atoms with Crippen LogP contribution in [0.2, 0.25) is 0 Å². The summed E-state index contributed by atoms with van der Waals surface area (Å²) in [7, 11) is 0. The molecule has 0 saturated carbocycles. The predicted octanol–water partition coefficient (Wildman–Crippen LogP) is 5.43. The highest BCUT2D eigenvalue weighted by Crippen LogP contribution is 2.37. The van der Waals surface area contributed by atoms with Crippen molar-refractivity contribution in [3.05, 3.63) is 30.3 Å². The molecule has 0 saturated heterocycles. The van der Waals surface area contributed by atoms with Crippen molar-refractivity contribution in [2.24, 2.45) is 0 Å². The van der Waals surface area contributed by atoms with Gasteiger partial charge in [0.25, 0.3) is 0 Å². The summed E-state index contributed by atoms with van der Waals surface area (Å²) >= 11 is 1.34. The first kappa shape index (κ1) is 13.6. The Balaban J connectivity index is 2.33. The topological polar surface area (TPSA) is 0 Å². The molecule has 0 fully saturated rings. The van der Waals surface area contributed by atoms with Gasteiger partial charge in [-0.05, 0) is 31.9 Å². The van der Waals surface area contributed by atoms with E-state index in [1.165, 1.54) is 24.6 Å². The largest absolute Gasteiger partial charge is 0.232 e. The first-order valence-electron chi connectivity index (χ1n) is 6.07. The Morgan fingerprint density at radius 2 is 1.81 bits per heavy atom.